The van der Waals surface area contributed by atoms with E-state index >= 15 is 0 Å². The molecule has 0 bridgehead atoms. The van der Waals surface area contributed by atoms with Gasteiger partial charge in [0.05, 0.1) is 12.7 Å². The highest BCUT2D eigenvalue weighted by molar-refractivity contribution is 5.79. The molecule has 1 saturated heterocycles. The summed E-state index contributed by atoms with van der Waals surface area (Å²) in [5.74, 6) is 0.728. The van der Waals surface area contributed by atoms with Crippen LogP contribution in [0.1, 0.15) is 25.7 Å². The second-order valence-corrected chi connectivity index (χ2v) is 5.81. The van der Waals surface area contributed by atoms with Crippen molar-refractivity contribution in [1.82, 2.24) is 24.8 Å². The largest absolute Gasteiger partial charge is 0.341 e. The Bertz CT molecular complexity index is 429. The molecule has 3 rings (SSSR count). The topological polar surface area (TPSA) is 54.3 Å². The van der Waals surface area contributed by atoms with Crippen molar-refractivity contribution < 1.29 is 4.79 Å². The molecule has 0 radical (unpaired) electrons. The zero-order chi connectivity index (χ0) is 13.8. The van der Waals surface area contributed by atoms with Gasteiger partial charge in [-0.15, -0.1) is 5.10 Å². The Balaban J connectivity index is 1.45. The van der Waals surface area contributed by atoms with E-state index in [1.54, 1.807) is 6.20 Å². The zero-order valence-electron chi connectivity index (χ0n) is 11.9. The van der Waals surface area contributed by atoms with E-state index in [1.165, 1.54) is 6.42 Å². The Morgan fingerprint density at radius 3 is 2.70 bits per heavy atom. The third kappa shape index (κ3) is 3.17. The fourth-order valence-electron chi connectivity index (χ4n) is 2.92. The number of nitrogens with zero attached hydrogens (tertiary/aromatic N) is 5. The molecule has 0 spiro atoms. The van der Waals surface area contributed by atoms with Gasteiger partial charge in [0, 0.05) is 38.3 Å². The number of amides is 1. The molecule has 20 heavy (non-hydrogen) atoms. The van der Waals surface area contributed by atoms with Gasteiger partial charge in [0.25, 0.3) is 0 Å². The van der Waals surface area contributed by atoms with Crippen LogP contribution in [0, 0.1) is 5.92 Å². The van der Waals surface area contributed by atoms with Crippen molar-refractivity contribution in [2.75, 3.05) is 32.7 Å². The van der Waals surface area contributed by atoms with Crippen molar-refractivity contribution in [3.63, 3.8) is 0 Å². The molecule has 2 fully saturated rings. The van der Waals surface area contributed by atoms with Gasteiger partial charge in [-0.3, -0.25) is 14.4 Å². The molecule has 1 saturated carbocycles. The molecular weight excluding hydrogens is 254 g/mol. The normalized spacial score (nSPS) is 21.5. The third-order valence-electron chi connectivity index (χ3n) is 4.47. The van der Waals surface area contributed by atoms with Crippen LogP contribution in [0.5, 0.6) is 0 Å². The van der Waals surface area contributed by atoms with Gasteiger partial charge in [0.15, 0.2) is 0 Å². The first kappa shape index (κ1) is 13.5. The van der Waals surface area contributed by atoms with E-state index in [0.29, 0.717) is 11.8 Å². The highest BCUT2D eigenvalue weighted by Gasteiger charge is 2.30. The van der Waals surface area contributed by atoms with E-state index in [2.05, 4.69) is 20.1 Å². The van der Waals surface area contributed by atoms with E-state index in [-0.39, 0.29) is 0 Å². The van der Waals surface area contributed by atoms with Crippen LogP contribution >= 0.6 is 0 Å². The summed E-state index contributed by atoms with van der Waals surface area (Å²) in [7, 11) is 0. The van der Waals surface area contributed by atoms with Crippen LogP contribution in [0.2, 0.25) is 0 Å². The molecule has 1 aliphatic carbocycles. The second-order valence-electron chi connectivity index (χ2n) is 5.81. The molecule has 6 heteroatoms. The van der Waals surface area contributed by atoms with Gasteiger partial charge in [0.2, 0.25) is 5.91 Å². The number of hydrogen-bond donors (Lipinski definition) is 0. The summed E-state index contributed by atoms with van der Waals surface area (Å²) in [6.45, 7) is 5.71. The number of aromatic nitrogens is 3. The fraction of sp³-hybridized carbons (Fsp3) is 0.786. The van der Waals surface area contributed by atoms with Crippen LogP contribution in [0.25, 0.3) is 0 Å². The van der Waals surface area contributed by atoms with E-state index in [9.17, 15) is 4.79 Å². The van der Waals surface area contributed by atoms with Crippen molar-refractivity contribution >= 4 is 5.91 Å². The summed E-state index contributed by atoms with van der Waals surface area (Å²) >= 11 is 0. The Morgan fingerprint density at radius 1 is 1.10 bits per heavy atom. The molecule has 0 unspecified atom stereocenters. The second kappa shape index (κ2) is 6.35. The van der Waals surface area contributed by atoms with Crippen LogP contribution in [0.3, 0.4) is 0 Å². The van der Waals surface area contributed by atoms with E-state index in [4.69, 9.17) is 0 Å². The molecule has 0 aromatic carbocycles. The van der Waals surface area contributed by atoms with E-state index in [1.807, 2.05) is 10.9 Å². The molecule has 2 aliphatic rings. The maximum Gasteiger partial charge on any atom is 0.225 e. The lowest BCUT2D eigenvalue weighted by Crippen LogP contribution is -2.41. The Labute approximate surface area is 119 Å². The fourth-order valence-corrected chi connectivity index (χ4v) is 2.92. The molecule has 6 nitrogen and oxygen atoms in total. The molecule has 0 N–H and O–H groups in total. The van der Waals surface area contributed by atoms with Gasteiger partial charge in [-0.2, -0.15) is 0 Å². The summed E-state index contributed by atoms with van der Waals surface area (Å²) < 4.78 is 1.86. The smallest absolute Gasteiger partial charge is 0.225 e. The van der Waals surface area contributed by atoms with Crippen LogP contribution < -0.4 is 0 Å². The molecule has 2 heterocycles. The van der Waals surface area contributed by atoms with Gasteiger partial charge in [-0.05, 0) is 25.8 Å². The maximum atomic E-state index is 12.3. The summed E-state index contributed by atoms with van der Waals surface area (Å²) in [5, 5.41) is 7.80. The average molecular weight is 277 g/mol. The first-order valence-corrected chi connectivity index (χ1v) is 7.68. The summed E-state index contributed by atoms with van der Waals surface area (Å²) in [6.07, 6.45) is 8.12. The Hall–Kier alpha value is -1.43. The van der Waals surface area contributed by atoms with E-state index < -0.39 is 0 Å². The molecule has 110 valence electrons. The third-order valence-corrected chi connectivity index (χ3v) is 4.47. The summed E-state index contributed by atoms with van der Waals surface area (Å²) in [4.78, 5) is 16.8. The number of rotatable bonds is 4. The number of carbonyl (C=O) groups is 1. The SMILES string of the molecule is O=C(C1CCC1)N1CCCN(CCn2ccnn2)CC1. The first-order valence-electron chi connectivity index (χ1n) is 7.68. The average Bonchev–Trinajstić information content (AvgIpc) is 2.79. The molecule has 1 amide bonds. The summed E-state index contributed by atoms with van der Waals surface area (Å²) in [6, 6.07) is 0. The van der Waals surface area contributed by atoms with Gasteiger partial charge >= 0.3 is 0 Å². The van der Waals surface area contributed by atoms with Crippen molar-refractivity contribution in [1.29, 1.82) is 0 Å². The van der Waals surface area contributed by atoms with Crippen LogP contribution in [-0.4, -0.2) is 63.4 Å². The highest BCUT2D eigenvalue weighted by atomic mass is 16.2. The van der Waals surface area contributed by atoms with Crippen molar-refractivity contribution in [3.8, 4) is 0 Å². The van der Waals surface area contributed by atoms with Gasteiger partial charge in [-0.1, -0.05) is 11.6 Å². The highest BCUT2D eigenvalue weighted by Crippen LogP contribution is 2.28. The minimum atomic E-state index is 0.330. The van der Waals surface area contributed by atoms with Crippen molar-refractivity contribution in [2.24, 2.45) is 5.92 Å². The predicted molar refractivity (Wildman–Crippen MR) is 75.0 cm³/mol. The Kier molecular flexibility index (Phi) is 4.30. The lowest BCUT2D eigenvalue weighted by atomic mass is 9.84. The lowest BCUT2D eigenvalue weighted by molar-refractivity contribution is -0.138. The van der Waals surface area contributed by atoms with Gasteiger partial charge < -0.3 is 4.90 Å². The van der Waals surface area contributed by atoms with Crippen LogP contribution in [0.15, 0.2) is 12.4 Å². The van der Waals surface area contributed by atoms with E-state index in [0.717, 1.165) is 58.5 Å². The Morgan fingerprint density at radius 2 is 2.00 bits per heavy atom. The zero-order valence-corrected chi connectivity index (χ0v) is 11.9. The van der Waals surface area contributed by atoms with Crippen LogP contribution in [0.4, 0.5) is 0 Å². The molecule has 0 atom stereocenters. The first-order chi connectivity index (χ1) is 9.83. The maximum absolute atomic E-state index is 12.3. The minimum Gasteiger partial charge on any atom is -0.341 e. The lowest BCUT2D eigenvalue weighted by Gasteiger charge is -2.31. The van der Waals surface area contributed by atoms with Gasteiger partial charge in [0.1, 0.15) is 0 Å². The predicted octanol–water partition coefficient (Wildman–Crippen LogP) is 0.612. The molecular formula is C14H23N5O. The summed E-state index contributed by atoms with van der Waals surface area (Å²) in [5.41, 5.74) is 0. The monoisotopic (exact) mass is 277 g/mol. The van der Waals surface area contributed by atoms with Crippen LogP contribution in [-0.2, 0) is 11.3 Å². The quantitative estimate of drug-likeness (QED) is 0.809. The number of carbonyl (C=O) groups excluding carboxylic acids is 1. The van der Waals surface area contributed by atoms with Crippen molar-refractivity contribution in [2.45, 2.75) is 32.2 Å². The van der Waals surface area contributed by atoms with Gasteiger partial charge in [-0.25, -0.2) is 0 Å². The van der Waals surface area contributed by atoms with Crippen molar-refractivity contribution in [3.05, 3.63) is 12.4 Å². The molecule has 1 aromatic heterocycles. The molecule has 1 aromatic rings. The number of hydrogen-bond acceptors (Lipinski definition) is 4. The molecule has 1 aliphatic heterocycles. The standard InChI is InChI=1S/C14H23N5O/c20-14(13-3-1-4-13)18-7-2-6-17(9-11-18)10-12-19-8-5-15-16-19/h5,8,13H,1-4,6-7,9-12H2. The minimum absolute atomic E-state index is 0.330.